The van der Waals surface area contributed by atoms with Crippen molar-refractivity contribution in [3.8, 4) is 6.07 Å². The van der Waals surface area contributed by atoms with E-state index in [2.05, 4.69) is 16.4 Å². The van der Waals surface area contributed by atoms with Gasteiger partial charge in [0.2, 0.25) is 0 Å². The summed E-state index contributed by atoms with van der Waals surface area (Å²) in [6, 6.07) is 8.08. The van der Waals surface area contributed by atoms with Gasteiger partial charge in [-0.2, -0.15) is 5.26 Å². The molecule has 1 heterocycles. The molecule has 0 saturated heterocycles. The number of thiazole rings is 1. The van der Waals surface area contributed by atoms with Crippen LogP contribution < -0.4 is 5.32 Å². The first-order valence-electron chi connectivity index (χ1n) is 5.04. The maximum Gasteiger partial charge on any atom is 0.112 e. The van der Waals surface area contributed by atoms with Crippen molar-refractivity contribution in [3.05, 3.63) is 40.3 Å². The molecule has 2 rings (SSSR count). The van der Waals surface area contributed by atoms with E-state index >= 15 is 0 Å². The molecule has 0 atom stereocenters. The lowest BCUT2D eigenvalue weighted by atomic mass is 10.2. The van der Waals surface area contributed by atoms with Crippen LogP contribution in [0.1, 0.15) is 10.6 Å². The van der Waals surface area contributed by atoms with Crippen LogP contribution >= 0.6 is 23.1 Å². The van der Waals surface area contributed by atoms with E-state index in [1.807, 2.05) is 29.8 Å². The molecule has 1 aromatic carbocycles. The minimum absolute atomic E-state index is 0.657. The maximum absolute atomic E-state index is 9.17. The second kappa shape index (κ2) is 5.71. The van der Waals surface area contributed by atoms with Gasteiger partial charge < -0.3 is 5.32 Å². The average Bonchev–Trinajstić information content (AvgIpc) is 2.88. The lowest BCUT2D eigenvalue weighted by Gasteiger charge is -2.09. The Bertz CT molecular complexity index is 529. The standard InChI is InChI=1S/C12H11N3S2/c1-16-11-4-2-3-10(9(11)7-13)15-8-12-14-5-6-17-12/h2-6,15H,8H2,1H3. The number of benzene rings is 1. The third kappa shape index (κ3) is 2.78. The van der Waals surface area contributed by atoms with Gasteiger partial charge in [-0.25, -0.2) is 4.98 Å². The Labute approximate surface area is 109 Å². The molecule has 17 heavy (non-hydrogen) atoms. The van der Waals surface area contributed by atoms with Crippen LogP contribution in [0.25, 0.3) is 0 Å². The van der Waals surface area contributed by atoms with E-state index in [0.717, 1.165) is 15.6 Å². The fraction of sp³-hybridized carbons (Fsp3) is 0.167. The first kappa shape index (κ1) is 12.0. The molecule has 1 aromatic heterocycles. The van der Waals surface area contributed by atoms with E-state index in [1.54, 1.807) is 29.3 Å². The van der Waals surface area contributed by atoms with Gasteiger partial charge >= 0.3 is 0 Å². The number of hydrogen-bond acceptors (Lipinski definition) is 5. The van der Waals surface area contributed by atoms with Crippen molar-refractivity contribution in [3.63, 3.8) is 0 Å². The lowest BCUT2D eigenvalue weighted by molar-refractivity contribution is 1.10. The van der Waals surface area contributed by atoms with Gasteiger partial charge in [-0.1, -0.05) is 6.07 Å². The Morgan fingerprint density at radius 1 is 1.53 bits per heavy atom. The molecule has 0 aliphatic rings. The normalized spacial score (nSPS) is 9.88. The van der Waals surface area contributed by atoms with Crippen LogP contribution in [0.2, 0.25) is 0 Å². The number of nitrogens with one attached hydrogen (secondary N) is 1. The molecular weight excluding hydrogens is 250 g/mol. The predicted octanol–water partition coefficient (Wildman–Crippen LogP) is 3.35. The molecule has 86 valence electrons. The van der Waals surface area contributed by atoms with Crippen LogP contribution in [0.15, 0.2) is 34.7 Å². The van der Waals surface area contributed by atoms with Crippen molar-refractivity contribution in [2.75, 3.05) is 11.6 Å². The molecule has 0 bridgehead atoms. The average molecular weight is 261 g/mol. The van der Waals surface area contributed by atoms with E-state index in [-0.39, 0.29) is 0 Å². The highest BCUT2D eigenvalue weighted by Crippen LogP contribution is 2.26. The molecule has 0 saturated carbocycles. The second-order valence-electron chi connectivity index (χ2n) is 3.27. The van der Waals surface area contributed by atoms with Gasteiger partial charge in [0.15, 0.2) is 0 Å². The molecule has 1 N–H and O–H groups in total. The minimum Gasteiger partial charge on any atom is -0.377 e. The predicted molar refractivity (Wildman–Crippen MR) is 72.4 cm³/mol. The Morgan fingerprint density at radius 2 is 2.41 bits per heavy atom. The van der Waals surface area contributed by atoms with Crippen LogP contribution in [0.5, 0.6) is 0 Å². The number of rotatable bonds is 4. The highest BCUT2D eigenvalue weighted by molar-refractivity contribution is 7.98. The molecule has 0 aliphatic heterocycles. The summed E-state index contributed by atoms with van der Waals surface area (Å²) in [6.07, 6.45) is 3.76. The van der Waals surface area contributed by atoms with Crippen molar-refractivity contribution < 1.29 is 0 Å². The summed E-state index contributed by atoms with van der Waals surface area (Å²) in [6.45, 7) is 0.657. The largest absolute Gasteiger partial charge is 0.377 e. The van der Waals surface area contributed by atoms with Crippen LogP contribution in [0.3, 0.4) is 0 Å². The third-order valence-corrected chi connectivity index (χ3v) is 3.83. The third-order valence-electron chi connectivity index (χ3n) is 2.27. The smallest absolute Gasteiger partial charge is 0.112 e. The summed E-state index contributed by atoms with van der Waals surface area (Å²) in [4.78, 5) is 5.19. The Balaban J connectivity index is 2.18. The van der Waals surface area contributed by atoms with Gasteiger partial charge in [-0.15, -0.1) is 23.1 Å². The monoisotopic (exact) mass is 261 g/mol. The molecule has 0 amide bonds. The SMILES string of the molecule is CSc1cccc(NCc2nccs2)c1C#N. The second-order valence-corrected chi connectivity index (χ2v) is 5.10. The number of nitriles is 1. The van der Waals surface area contributed by atoms with Crippen molar-refractivity contribution in [2.24, 2.45) is 0 Å². The van der Waals surface area contributed by atoms with Gasteiger partial charge in [0, 0.05) is 16.5 Å². The molecule has 0 radical (unpaired) electrons. The van der Waals surface area contributed by atoms with Crippen molar-refractivity contribution >= 4 is 28.8 Å². The summed E-state index contributed by atoms with van der Waals surface area (Å²) in [5.74, 6) is 0. The summed E-state index contributed by atoms with van der Waals surface area (Å²) in [7, 11) is 0. The van der Waals surface area contributed by atoms with Crippen molar-refractivity contribution in [1.82, 2.24) is 4.98 Å². The van der Waals surface area contributed by atoms with Gasteiger partial charge in [0.25, 0.3) is 0 Å². The molecule has 5 heteroatoms. The minimum atomic E-state index is 0.657. The number of anilines is 1. The first-order valence-corrected chi connectivity index (χ1v) is 7.15. The van der Waals surface area contributed by atoms with E-state index in [9.17, 15) is 5.26 Å². The summed E-state index contributed by atoms with van der Waals surface area (Å²) >= 11 is 3.19. The van der Waals surface area contributed by atoms with E-state index in [4.69, 9.17) is 0 Å². The molecule has 0 aliphatic carbocycles. The number of aromatic nitrogens is 1. The van der Waals surface area contributed by atoms with Crippen molar-refractivity contribution in [1.29, 1.82) is 5.26 Å². The molecule has 0 fully saturated rings. The number of thioether (sulfide) groups is 1. The van der Waals surface area contributed by atoms with Crippen molar-refractivity contribution in [2.45, 2.75) is 11.4 Å². The molecule has 0 unspecified atom stereocenters. The van der Waals surface area contributed by atoms with Gasteiger partial charge in [0.1, 0.15) is 11.1 Å². The van der Waals surface area contributed by atoms with Crippen LogP contribution in [0, 0.1) is 11.3 Å². The molecular formula is C12H11N3S2. The van der Waals surface area contributed by atoms with E-state index in [1.165, 1.54) is 0 Å². The maximum atomic E-state index is 9.17. The zero-order chi connectivity index (χ0) is 12.1. The fourth-order valence-corrected chi connectivity index (χ4v) is 2.61. The number of nitrogens with zero attached hydrogens (tertiary/aromatic N) is 2. The highest BCUT2D eigenvalue weighted by atomic mass is 32.2. The zero-order valence-corrected chi connectivity index (χ0v) is 10.9. The Kier molecular flexibility index (Phi) is 4.02. The van der Waals surface area contributed by atoms with E-state index in [0.29, 0.717) is 12.1 Å². The highest BCUT2D eigenvalue weighted by Gasteiger charge is 2.07. The summed E-state index contributed by atoms with van der Waals surface area (Å²) in [5, 5.41) is 15.4. The van der Waals surface area contributed by atoms with Crippen LogP contribution in [0.4, 0.5) is 5.69 Å². The number of hydrogen-bond donors (Lipinski definition) is 1. The lowest BCUT2D eigenvalue weighted by Crippen LogP contribution is -2.01. The van der Waals surface area contributed by atoms with Crippen LogP contribution in [-0.4, -0.2) is 11.2 Å². The fourth-order valence-electron chi connectivity index (χ4n) is 1.47. The Morgan fingerprint density at radius 3 is 3.06 bits per heavy atom. The van der Waals surface area contributed by atoms with Gasteiger partial charge in [-0.05, 0) is 18.4 Å². The molecule has 0 spiro atoms. The topological polar surface area (TPSA) is 48.7 Å². The van der Waals surface area contributed by atoms with Gasteiger partial charge in [0.05, 0.1) is 17.8 Å². The first-order chi connectivity index (χ1) is 8.35. The Hall–Kier alpha value is -1.51. The van der Waals surface area contributed by atoms with Crippen LogP contribution in [-0.2, 0) is 6.54 Å². The zero-order valence-electron chi connectivity index (χ0n) is 9.30. The summed E-state index contributed by atoms with van der Waals surface area (Å²) < 4.78 is 0. The molecule has 2 aromatic rings. The quantitative estimate of drug-likeness (QED) is 0.857. The summed E-state index contributed by atoms with van der Waals surface area (Å²) in [5.41, 5.74) is 1.58. The van der Waals surface area contributed by atoms with Gasteiger partial charge in [-0.3, -0.25) is 0 Å². The van der Waals surface area contributed by atoms with E-state index < -0.39 is 0 Å². The molecule has 3 nitrogen and oxygen atoms in total.